The van der Waals surface area contributed by atoms with Crippen molar-refractivity contribution in [3.8, 4) is 0 Å². The van der Waals surface area contributed by atoms with E-state index in [1.54, 1.807) is 0 Å². The summed E-state index contributed by atoms with van der Waals surface area (Å²) in [6, 6.07) is 5.92. The largest absolute Gasteiger partial charge is 0.462 e. The fourth-order valence-electron chi connectivity index (χ4n) is 1.53. The number of thiophene rings is 1. The molecule has 16 heavy (non-hydrogen) atoms. The summed E-state index contributed by atoms with van der Waals surface area (Å²) in [5, 5.41) is 1.08. The molecular weight excluding hydrogens is 288 g/mol. The molecule has 0 fully saturated rings. The van der Waals surface area contributed by atoms with Gasteiger partial charge in [0.1, 0.15) is 4.88 Å². The van der Waals surface area contributed by atoms with Crippen LogP contribution in [0.5, 0.6) is 0 Å². The van der Waals surface area contributed by atoms with Gasteiger partial charge in [-0.25, -0.2) is 4.79 Å². The number of rotatable bonds is 2. The van der Waals surface area contributed by atoms with Gasteiger partial charge in [-0.2, -0.15) is 0 Å². The van der Waals surface area contributed by atoms with Crippen LogP contribution in [0, 0.1) is 6.92 Å². The first kappa shape index (κ1) is 11.6. The summed E-state index contributed by atoms with van der Waals surface area (Å²) in [5.41, 5.74) is 1.18. The number of hydrogen-bond acceptors (Lipinski definition) is 3. The van der Waals surface area contributed by atoms with Gasteiger partial charge in [-0.1, -0.05) is 22.0 Å². The normalized spacial score (nSPS) is 10.7. The molecular formula is C12H11BrO2S. The molecule has 0 aliphatic carbocycles. The maximum absolute atomic E-state index is 11.6. The number of halogens is 1. The molecule has 2 nitrogen and oxygen atoms in total. The Morgan fingerprint density at radius 3 is 2.88 bits per heavy atom. The molecule has 2 rings (SSSR count). The molecule has 0 aliphatic rings. The second-order valence-electron chi connectivity index (χ2n) is 3.44. The Balaban J connectivity index is 2.55. The SMILES string of the molecule is CCOC(=O)c1cc2c(Br)ccc(C)c2s1. The molecule has 0 amide bonds. The molecule has 84 valence electrons. The van der Waals surface area contributed by atoms with E-state index in [-0.39, 0.29) is 5.97 Å². The summed E-state index contributed by atoms with van der Waals surface area (Å²) in [5.74, 6) is -0.241. The van der Waals surface area contributed by atoms with Gasteiger partial charge in [-0.15, -0.1) is 11.3 Å². The average Bonchev–Trinajstić information content (AvgIpc) is 2.70. The van der Waals surface area contributed by atoms with Crippen LogP contribution in [0.25, 0.3) is 10.1 Å². The van der Waals surface area contributed by atoms with Gasteiger partial charge in [-0.3, -0.25) is 0 Å². The molecule has 0 saturated heterocycles. The van der Waals surface area contributed by atoms with Gasteiger partial charge in [0.25, 0.3) is 0 Å². The van der Waals surface area contributed by atoms with Crippen molar-refractivity contribution in [2.45, 2.75) is 13.8 Å². The number of ether oxygens (including phenoxy) is 1. The molecule has 0 N–H and O–H groups in total. The standard InChI is InChI=1S/C12H11BrO2S/c1-3-15-12(14)10-6-8-9(13)5-4-7(2)11(8)16-10/h4-6H,3H2,1-2H3. The molecule has 0 radical (unpaired) electrons. The lowest BCUT2D eigenvalue weighted by Crippen LogP contribution is -2.01. The Labute approximate surface area is 106 Å². The average molecular weight is 299 g/mol. The number of benzene rings is 1. The Kier molecular flexibility index (Phi) is 3.30. The minimum absolute atomic E-state index is 0.241. The predicted molar refractivity (Wildman–Crippen MR) is 70.2 cm³/mol. The molecule has 0 atom stereocenters. The zero-order valence-electron chi connectivity index (χ0n) is 9.04. The lowest BCUT2D eigenvalue weighted by molar-refractivity contribution is 0.0532. The van der Waals surface area contributed by atoms with Crippen molar-refractivity contribution in [2.75, 3.05) is 6.61 Å². The third-order valence-corrected chi connectivity index (χ3v) is 4.25. The highest BCUT2D eigenvalue weighted by Crippen LogP contribution is 2.34. The van der Waals surface area contributed by atoms with Crippen molar-refractivity contribution < 1.29 is 9.53 Å². The van der Waals surface area contributed by atoms with Crippen LogP contribution in [0.2, 0.25) is 0 Å². The van der Waals surface area contributed by atoms with Crippen molar-refractivity contribution >= 4 is 43.3 Å². The van der Waals surface area contributed by atoms with Gasteiger partial charge in [-0.05, 0) is 31.5 Å². The Hall–Kier alpha value is -0.870. The van der Waals surface area contributed by atoms with Crippen LogP contribution in [0.1, 0.15) is 22.2 Å². The quantitative estimate of drug-likeness (QED) is 0.779. The molecule has 4 heteroatoms. The minimum Gasteiger partial charge on any atom is -0.462 e. The van der Waals surface area contributed by atoms with Gasteiger partial charge < -0.3 is 4.74 Å². The van der Waals surface area contributed by atoms with Crippen LogP contribution in [-0.2, 0) is 4.74 Å². The fourth-order valence-corrected chi connectivity index (χ4v) is 3.15. The van der Waals surface area contributed by atoms with E-state index in [2.05, 4.69) is 15.9 Å². The lowest BCUT2D eigenvalue weighted by atomic mass is 10.2. The maximum atomic E-state index is 11.6. The van der Waals surface area contributed by atoms with E-state index < -0.39 is 0 Å². The van der Waals surface area contributed by atoms with Crippen LogP contribution in [0.3, 0.4) is 0 Å². The van der Waals surface area contributed by atoms with Crippen LogP contribution in [0.4, 0.5) is 0 Å². The van der Waals surface area contributed by atoms with E-state index in [0.29, 0.717) is 11.5 Å². The highest BCUT2D eigenvalue weighted by Gasteiger charge is 2.13. The van der Waals surface area contributed by atoms with Gasteiger partial charge >= 0.3 is 5.97 Å². The second kappa shape index (κ2) is 4.55. The topological polar surface area (TPSA) is 26.3 Å². The van der Waals surface area contributed by atoms with Crippen molar-refractivity contribution in [3.05, 3.63) is 33.1 Å². The van der Waals surface area contributed by atoms with Gasteiger partial charge in [0.05, 0.1) is 6.61 Å². The molecule has 1 heterocycles. The summed E-state index contributed by atoms with van der Waals surface area (Å²) >= 11 is 4.97. The Morgan fingerprint density at radius 1 is 1.50 bits per heavy atom. The Morgan fingerprint density at radius 2 is 2.25 bits per heavy atom. The van der Waals surface area contributed by atoms with Gasteiger partial charge in [0, 0.05) is 14.6 Å². The summed E-state index contributed by atoms with van der Waals surface area (Å²) in [4.78, 5) is 12.3. The Bertz CT molecular complexity index is 506. The van der Waals surface area contributed by atoms with Crippen LogP contribution in [0.15, 0.2) is 22.7 Å². The highest BCUT2D eigenvalue weighted by atomic mass is 79.9. The lowest BCUT2D eigenvalue weighted by Gasteiger charge is -1.96. The maximum Gasteiger partial charge on any atom is 0.348 e. The first-order valence-electron chi connectivity index (χ1n) is 4.99. The molecule has 2 aromatic rings. The van der Waals surface area contributed by atoms with Crippen molar-refractivity contribution in [1.29, 1.82) is 0 Å². The second-order valence-corrected chi connectivity index (χ2v) is 5.34. The summed E-state index contributed by atoms with van der Waals surface area (Å²) in [6.45, 7) is 4.26. The number of fused-ring (bicyclic) bond motifs is 1. The zero-order valence-corrected chi connectivity index (χ0v) is 11.4. The molecule has 0 saturated carbocycles. The monoisotopic (exact) mass is 298 g/mol. The van der Waals surface area contributed by atoms with E-state index in [0.717, 1.165) is 14.6 Å². The van der Waals surface area contributed by atoms with E-state index >= 15 is 0 Å². The third kappa shape index (κ3) is 1.99. The first-order chi connectivity index (χ1) is 7.63. The first-order valence-corrected chi connectivity index (χ1v) is 6.60. The van der Waals surface area contributed by atoms with E-state index in [1.807, 2.05) is 32.0 Å². The highest BCUT2D eigenvalue weighted by molar-refractivity contribution is 9.10. The predicted octanol–water partition coefficient (Wildman–Crippen LogP) is 4.15. The van der Waals surface area contributed by atoms with Crippen molar-refractivity contribution in [2.24, 2.45) is 0 Å². The summed E-state index contributed by atoms with van der Waals surface area (Å²) in [7, 11) is 0. The van der Waals surface area contributed by atoms with Crippen LogP contribution in [-0.4, -0.2) is 12.6 Å². The van der Waals surface area contributed by atoms with Gasteiger partial charge in [0.2, 0.25) is 0 Å². The van der Waals surface area contributed by atoms with Crippen LogP contribution >= 0.6 is 27.3 Å². The van der Waals surface area contributed by atoms with E-state index in [9.17, 15) is 4.79 Å². The van der Waals surface area contributed by atoms with Crippen LogP contribution < -0.4 is 0 Å². The van der Waals surface area contributed by atoms with E-state index in [1.165, 1.54) is 16.9 Å². The molecule has 0 bridgehead atoms. The minimum atomic E-state index is -0.241. The summed E-state index contributed by atoms with van der Waals surface area (Å²) in [6.07, 6.45) is 0. The van der Waals surface area contributed by atoms with Crippen molar-refractivity contribution in [1.82, 2.24) is 0 Å². The molecule has 0 aliphatic heterocycles. The number of carbonyl (C=O) groups excluding carboxylic acids is 1. The van der Waals surface area contributed by atoms with Crippen molar-refractivity contribution in [3.63, 3.8) is 0 Å². The smallest absolute Gasteiger partial charge is 0.348 e. The fraction of sp³-hybridized carbons (Fsp3) is 0.250. The number of carbonyl (C=O) groups is 1. The molecule has 0 spiro atoms. The third-order valence-electron chi connectivity index (χ3n) is 2.30. The number of esters is 1. The number of hydrogen-bond donors (Lipinski definition) is 0. The summed E-state index contributed by atoms with van der Waals surface area (Å²) < 4.78 is 7.14. The molecule has 0 unspecified atom stereocenters. The zero-order chi connectivity index (χ0) is 11.7. The van der Waals surface area contributed by atoms with Gasteiger partial charge in [0.15, 0.2) is 0 Å². The molecule has 1 aromatic heterocycles. The molecule has 1 aromatic carbocycles. The van der Waals surface area contributed by atoms with E-state index in [4.69, 9.17) is 4.74 Å². The number of aryl methyl sites for hydroxylation is 1.